The van der Waals surface area contributed by atoms with Crippen molar-refractivity contribution in [2.75, 3.05) is 0 Å². The molecule has 0 aliphatic heterocycles. The Morgan fingerprint density at radius 1 is 1.86 bits per heavy atom. The predicted octanol–water partition coefficient (Wildman–Crippen LogP) is 1.12. The fourth-order valence-electron chi connectivity index (χ4n) is 0.325. The van der Waals surface area contributed by atoms with E-state index >= 15 is 0 Å². The highest BCUT2D eigenvalue weighted by Gasteiger charge is 1.92. The molecule has 0 N–H and O–H groups in total. The van der Waals surface area contributed by atoms with Gasteiger partial charge in [-0.2, -0.15) is 4.98 Å². The molecule has 0 aromatic carbocycles. The molecular weight excluding hydrogens is 97.0 g/mol. The average molecular weight is 101 g/mol. The molecule has 2 nitrogen and oxygen atoms in total. The lowest BCUT2D eigenvalue weighted by Crippen LogP contribution is -1.68. The Hall–Kier alpha value is -0.860. The van der Waals surface area contributed by atoms with E-state index in [1.165, 1.54) is 6.26 Å². The van der Waals surface area contributed by atoms with Gasteiger partial charge in [0.25, 0.3) is 0 Å². The van der Waals surface area contributed by atoms with Crippen molar-refractivity contribution in [3.05, 3.63) is 18.1 Å². The second-order valence-electron chi connectivity index (χ2n) is 1.24. The van der Waals surface area contributed by atoms with Gasteiger partial charge < -0.3 is 4.42 Å². The van der Waals surface area contributed by atoms with Gasteiger partial charge in [-0.3, -0.25) is 0 Å². The minimum atomic E-state index is -0.766. The summed E-state index contributed by atoms with van der Waals surface area (Å²) in [5.41, 5.74) is 0.567. The maximum atomic E-state index is 11.6. The van der Waals surface area contributed by atoms with Crippen LogP contribution in [0.5, 0.6) is 0 Å². The maximum Gasteiger partial charge on any atom is 0.381 e. The molecule has 0 spiro atoms. The van der Waals surface area contributed by atoms with Gasteiger partial charge in [-0.25, -0.2) is 0 Å². The zero-order valence-electron chi connectivity index (χ0n) is 3.81. The minimum Gasteiger partial charge on any atom is -0.423 e. The van der Waals surface area contributed by atoms with Crippen molar-refractivity contribution in [1.29, 1.82) is 0 Å². The summed E-state index contributed by atoms with van der Waals surface area (Å²) in [5.74, 6) is 0. The summed E-state index contributed by atoms with van der Waals surface area (Å²) in [7, 11) is 0. The second-order valence-corrected chi connectivity index (χ2v) is 1.24. The summed E-state index contributed by atoms with van der Waals surface area (Å²) in [5, 5.41) is 0. The zero-order chi connectivity index (χ0) is 5.28. The van der Waals surface area contributed by atoms with E-state index in [1.807, 2.05) is 0 Å². The first-order valence-corrected chi connectivity index (χ1v) is 1.86. The summed E-state index contributed by atoms with van der Waals surface area (Å²) in [6.45, 7) is 1.66. The first-order valence-electron chi connectivity index (χ1n) is 1.86. The Kier molecular flexibility index (Phi) is 0.817. The van der Waals surface area contributed by atoms with Crippen LogP contribution >= 0.6 is 0 Å². The minimum absolute atomic E-state index is 0.567. The maximum absolute atomic E-state index is 11.6. The molecule has 1 aromatic heterocycles. The monoisotopic (exact) mass is 101 g/mol. The van der Waals surface area contributed by atoms with E-state index in [0.29, 0.717) is 5.69 Å². The number of rotatable bonds is 0. The Balaban J connectivity index is 3.04. The number of halogens is 1. The molecular formula is C4H4FNO. The van der Waals surface area contributed by atoms with Crippen molar-refractivity contribution in [1.82, 2.24) is 4.98 Å². The summed E-state index contributed by atoms with van der Waals surface area (Å²) >= 11 is 0. The smallest absolute Gasteiger partial charge is 0.381 e. The molecule has 0 bridgehead atoms. The van der Waals surface area contributed by atoms with Crippen LogP contribution in [0.2, 0.25) is 0 Å². The Bertz CT molecular complexity index is 144. The number of aryl methyl sites for hydroxylation is 1. The van der Waals surface area contributed by atoms with Gasteiger partial charge in [-0.15, -0.1) is 4.39 Å². The molecule has 0 radical (unpaired) electrons. The number of hydrogen-bond donors (Lipinski definition) is 0. The normalized spacial score (nSPS) is 9.43. The van der Waals surface area contributed by atoms with Crippen molar-refractivity contribution < 1.29 is 8.81 Å². The van der Waals surface area contributed by atoms with Gasteiger partial charge in [-0.1, -0.05) is 0 Å². The van der Waals surface area contributed by atoms with Crippen LogP contribution in [0.25, 0.3) is 0 Å². The Morgan fingerprint density at radius 3 is 2.71 bits per heavy atom. The van der Waals surface area contributed by atoms with Crippen molar-refractivity contribution in [2.24, 2.45) is 0 Å². The lowest BCUT2D eigenvalue weighted by Gasteiger charge is -1.64. The fraction of sp³-hybridized carbons (Fsp3) is 0.250. The SMILES string of the molecule is Cc1coc(F)n1. The van der Waals surface area contributed by atoms with Crippen molar-refractivity contribution >= 4 is 0 Å². The summed E-state index contributed by atoms with van der Waals surface area (Å²) in [4.78, 5) is 3.28. The van der Waals surface area contributed by atoms with Gasteiger partial charge in [-0.05, 0) is 6.92 Å². The number of aromatic nitrogens is 1. The second kappa shape index (κ2) is 1.33. The van der Waals surface area contributed by atoms with E-state index < -0.39 is 6.14 Å². The third-order valence-electron chi connectivity index (χ3n) is 0.591. The first-order chi connectivity index (χ1) is 3.29. The van der Waals surface area contributed by atoms with Gasteiger partial charge >= 0.3 is 6.14 Å². The first kappa shape index (κ1) is 4.30. The van der Waals surface area contributed by atoms with Crippen LogP contribution in [0.4, 0.5) is 4.39 Å². The largest absolute Gasteiger partial charge is 0.423 e. The number of oxazole rings is 1. The van der Waals surface area contributed by atoms with E-state index in [1.54, 1.807) is 6.92 Å². The van der Waals surface area contributed by atoms with Crippen molar-refractivity contribution in [2.45, 2.75) is 6.92 Å². The van der Waals surface area contributed by atoms with E-state index in [0.717, 1.165) is 0 Å². The molecule has 3 heteroatoms. The van der Waals surface area contributed by atoms with Crippen molar-refractivity contribution in [3.8, 4) is 0 Å². The average Bonchev–Trinajstić information content (AvgIpc) is 1.87. The van der Waals surface area contributed by atoms with Crippen LogP contribution in [0.3, 0.4) is 0 Å². The zero-order valence-corrected chi connectivity index (χ0v) is 3.81. The van der Waals surface area contributed by atoms with Gasteiger partial charge in [0.1, 0.15) is 6.26 Å². The molecule has 1 heterocycles. The highest BCUT2D eigenvalue weighted by atomic mass is 19.1. The van der Waals surface area contributed by atoms with Crippen LogP contribution in [0, 0.1) is 13.1 Å². The lowest BCUT2D eigenvalue weighted by atomic mass is 10.6. The number of nitrogens with zero attached hydrogens (tertiary/aromatic N) is 1. The molecule has 1 aromatic rings. The Labute approximate surface area is 40.0 Å². The lowest BCUT2D eigenvalue weighted by molar-refractivity contribution is 0.336. The molecule has 0 atom stereocenters. The highest BCUT2D eigenvalue weighted by molar-refractivity contribution is 4.84. The third kappa shape index (κ3) is 0.765. The molecule has 0 aliphatic rings. The molecule has 7 heavy (non-hydrogen) atoms. The van der Waals surface area contributed by atoms with Crippen LogP contribution in [0.15, 0.2) is 10.7 Å². The predicted molar refractivity (Wildman–Crippen MR) is 21.2 cm³/mol. The third-order valence-corrected chi connectivity index (χ3v) is 0.591. The molecule has 0 amide bonds. The molecule has 0 fully saturated rings. The van der Waals surface area contributed by atoms with Gasteiger partial charge in [0.2, 0.25) is 0 Å². The summed E-state index contributed by atoms with van der Waals surface area (Å²) < 4.78 is 15.8. The summed E-state index contributed by atoms with van der Waals surface area (Å²) in [6, 6.07) is 0. The van der Waals surface area contributed by atoms with Gasteiger partial charge in [0.15, 0.2) is 0 Å². The van der Waals surface area contributed by atoms with E-state index in [2.05, 4.69) is 9.40 Å². The van der Waals surface area contributed by atoms with Crippen LogP contribution in [-0.2, 0) is 0 Å². The van der Waals surface area contributed by atoms with Gasteiger partial charge in [0, 0.05) is 0 Å². The molecule has 0 aliphatic carbocycles. The van der Waals surface area contributed by atoms with E-state index in [-0.39, 0.29) is 0 Å². The highest BCUT2D eigenvalue weighted by Crippen LogP contribution is 1.95. The van der Waals surface area contributed by atoms with Crippen LogP contribution < -0.4 is 0 Å². The molecule has 38 valence electrons. The van der Waals surface area contributed by atoms with Crippen LogP contribution in [0.1, 0.15) is 5.69 Å². The molecule has 0 saturated heterocycles. The van der Waals surface area contributed by atoms with Crippen molar-refractivity contribution in [3.63, 3.8) is 0 Å². The molecule has 0 unspecified atom stereocenters. The topological polar surface area (TPSA) is 26.0 Å². The number of hydrogen-bond acceptors (Lipinski definition) is 2. The fourth-order valence-corrected chi connectivity index (χ4v) is 0.325. The van der Waals surface area contributed by atoms with E-state index in [9.17, 15) is 4.39 Å². The standard InChI is InChI=1S/C4H4FNO/c1-3-2-7-4(5)6-3/h2H,1H3. The molecule has 1 rings (SSSR count). The molecule has 0 saturated carbocycles. The Morgan fingerprint density at radius 2 is 2.57 bits per heavy atom. The van der Waals surface area contributed by atoms with Gasteiger partial charge in [0.05, 0.1) is 5.69 Å². The quantitative estimate of drug-likeness (QED) is 0.489. The van der Waals surface area contributed by atoms with E-state index in [4.69, 9.17) is 0 Å². The summed E-state index contributed by atoms with van der Waals surface area (Å²) in [6.07, 6.45) is 0.493. The van der Waals surface area contributed by atoms with Crippen LogP contribution in [-0.4, -0.2) is 4.98 Å².